The van der Waals surface area contributed by atoms with Crippen LogP contribution in [0.15, 0.2) is 0 Å². The Morgan fingerprint density at radius 3 is 2.50 bits per heavy atom. The van der Waals surface area contributed by atoms with Crippen molar-refractivity contribution in [1.29, 1.82) is 0 Å². The van der Waals surface area contributed by atoms with Gasteiger partial charge >= 0.3 is 5.97 Å². The number of carboxylic acid groups (broad SMARTS) is 1. The van der Waals surface area contributed by atoms with Crippen LogP contribution in [-0.2, 0) is 9.59 Å². The molecular formula is C10H17NO3. The largest absolute Gasteiger partial charge is 0.481 e. The van der Waals surface area contributed by atoms with Crippen molar-refractivity contribution in [3.8, 4) is 0 Å². The van der Waals surface area contributed by atoms with Crippen LogP contribution < -0.4 is 5.32 Å². The van der Waals surface area contributed by atoms with Crippen LogP contribution in [0.1, 0.15) is 39.0 Å². The molecule has 2 N–H and O–H groups in total. The third-order valence-electron chi connectivity index (χ3n) is 2.60. The monoisotopic (exact) mass is 199 g/mol. The number of hydrogen-bond donors (Lipinski definition) is 2. The van der Waals surface area contributed by atoms with Gasteiger partial charge in [-0.15, -0.1) is 0 Å². The first kappa shape index (κ1) is 11.0. The number of amides is 1. The van der Waals surface area contributed by atoms with Gasteiger partial charge in [-0.25, -0.2) is 0 Å². The van der Waals surface area contributed by atoms with E-state index >= 15 is 0 Å². The average Bonchev–Trinajstić information content (AvgIpc) is 2.53. The molecule has 4 heteroatoms. The van der Waals surface area contributed by atoms with Crippen LogP contribution in [0.5, 0.6) is 0 Å². The summed E-state index contributed by atoms with van der Waals surface area (Å²) in [5, 5.41) is 11.2. The van der Waals surface area contributed by atoms with Crippen LogP contribution in [0.4, 0.5) is 0 Å². The molecule has 1 amide bonds. The average molecular weight is 199 g/mol. The van der Waals surface area contributed by atoms with Gasteiger partial charge < -0.3 is 10.4 Å². The summed E-state index contributed by atoms with van der Waals surface area (Å²) in [4.78, 5) is 21.9. The van der Waals surface area contributed by atoms with E-state index in [0.29, 0.717) is 0 Å². The fourth-order valence-corrected chi connectivity index (χ4v) is 1.86. The minimum Gasteiger partial charge on any atom is -0.481 e. The molecule has 0 saturated heterocycles. The van der Waals surface area contributed by atoms with Crippen LogP contribution >= 0.6 is 0 Å². The maximum atomic E-state index is 11.5. The van der Waals surface area contributed by atoms with Gasteiger partial charge in [-0.3, -0.25) is 9.59 Å². The molecule has 0 aromatic rings. The van der Waals surface area contributed by atoms with Crippen molar-refractivity contribution in [1.82, 2.24) is 5.32 Å². The van der Waals surface area contributed by atoms with Gasteiger partial charge in [0.15, 0.2) is 0 Å². The number of carboxylic acids is 1. The number of carbonyl (C=O) groups is 2. The normalized spacial score (nSPS) is 19.2. The molecule has 0 radical (unpaired) electrons. The number of aliphatic carboxylic acids is 1. The fraction of sp³-hybridized carbons (Fsp3) is 0.800. The van der Waals surface area contributed by atoms with Gasteiger partial charge in [0.05, 0.1) is 6.42 Å². The number of rotatable bonds is 4. The standard InChI is InChI=1S/C10H17NO3/c1-7(6-9(12)13)11-10(14)8-4-2-3-5-8/h7-8H,2-6H2,1H3,(H,11,14)(H,12,13)/t7-/m0/s1. The number of nitrogens with one attached hydrogen (secondary N) is 1. The Morgan fingerprint density at radius 1 is 1.43 bits per heavy atom. The molecule has 0 bridgehead atoms. The lowest BCUT2D eigenvalue weighted by atomic mass is 10.1. The van der Waals surface area contributed by atoms with E-state index in [1.807, 2.05) is 0 Å². The van der Waals surface area contributed by atoms with Crippen LogP contribution in [0, 0.1) is 5.92 Å². The van der Waals surface area contributed by atoms with Crippen molar-refractivity contribution in [2.75, 3.05) is 0 Å². The SMILES string of the molecule is C[C@@H](CC(=O)O)NC(=O)C1CCCC1. The summed E-state index contributed by atoms with van der Waals surface area (Å²) in [5.41, 5.74) is 0. The molecule has 0 unspecified atom stereocenters. The summed E-state index contributed by atoms with van der Waals surface area (Å²) in [6, 6.07) is -0.263. The summed E-state index contributed by atoms with van der Waals surface area (Å²) in [6.07, 6.45) is 4.13. The van der Waals surface area contributed by atoms with Crippen molar-refractivity contribution in [3.63, 3.8) is 0 Å². The van der Waals surface area contributed by atoms with E-state index in [2.05, 4.69) is 5.32 Å². The molecule has 1 rings (SSSR count). The third-order valence-corrected chi connectivity index (χ3v) is 2.60. The Balaban J connectivity index is 2.28. The highest BCUT2D eigenvalue weighted by molar-refractivity contribution is 5.79. The van der Waals surface area contributed by atoms with E-state index < -0.39 is 5.97 Å². The Kier molecular flexibility index (Phi) is 3.92. The van der Waals surface area contributed by atoms with E-state index in [9.17, 15) is 9.59 Å². The molecule has 1 fully saturated rings. The van der Waals surface area contributed by atoms with Crippen LogP contribution in [0.25, 0.3) is 0 Å². The van der Waals surface area contributed by atoms with E-state index in [-0.39, 0.29) is 24.3 Å². The van der Waals surface area contributed by atoms with Crippen molar-refractivity contribution in [2.45, 2.75) is 45.1 Å². The van der Waals surface area contributed by atoms with Gasteiger partial charge in [-0.2, -0.15) is 0 Å². The van der Waals surface area contributed by atoms with Gasteiger partial charge in [0.25, 0.3) is 0 Å². The van der Waals surface area contributed by atoms with Crippen LogP contribution in [0.2, 0.25) is 0 Å². The highest BCUT2D eigenvalue weighted by Crippen LogP contribution is 2.24. The zero-order valence-corrected chi connectivity index (χ0v) is 8.45. The summed E-state index contributed by atoms with van der Waals surface area (Å²) < 4.78 is 0. The second kappa shape index (κ2) is 4.98. The molecule has 0 aromatic carbocycles. The molecular weight excluding hydrogens is 182 g/mol. The van der Waals surface area contributed by atoms with Gasteiger partial charge in [0.2, 0.25) is 5.91 Å². The smallest absolute Gasteiger partial charge is 0.305 e. The second-order valence-electron chi connectivity index (χ2n) is 3.99. The summed E-state index contributed by atoms with van der Waals surface area (Å²) in [5.74, 6) is -0.730. The minimum atomic E-state index is -0.871. The van der Waals surface area contributed by atoms with Crippen molar-refractivity contribution in [2.24, 2.45) is 5.92 Å². The van der Waals surface area contributed by atoms with Crippen molar-refractivity contribution < 1.29 is 14.7 Å². The molecule has 80 valence electrons. The quantitative estimate of drug-likeness (QED) is 0.714. The van der Waals surface area contributed by atoms with Crippen LogP contribution in [0.3, 0.4) is 0 Å². The predicted molar refractivity (Wildman–Crippen MR) is 51.8 cm³/mol. The van der Waals surface area contributed by atoms with Crippen molar-refractivity contribution >= 4 is 11.9 Å². The lowest BCUT2D eigenvalue weighted by Crippen LogP contribution is -2.37. The molecule has 1 saturated carbocycles. The molecule has 0 spiro atoms. The first-order valence-electron chi connectivity index (χ1n) is 5.11. The number of hydrogen-bond acceptors (Lipinski definition) is 2. The minimum absolute atomic E-state index is 0.00153. The Morgan fingerprint density at radius 2 is 2.00 bits per heavy atom. The zero-order chi connectivity index (χ0) is 10.6. The highest BCUT2D eigenvalue weighted by atomic mass is 16.4. The maximum Gasteiger partial charge on any atom is 0.305 e. The topological polar surface area (TPSA) is 66.4 Å². The predicted octanol–water partition coefficient (Wildman–Crippen LogP) is 1.16. The van der Waals surface area contributed by atoms with Gasteiger partial charge in [-0.1, -0.05) is 12.8 Å². The molecule has 4 nitrogen and oxygen atoms in total. The lowest BCUT2D eigenvalue weighted by molar-refractivity contribution is -0.137. The second-order valence-corrected chi connectivity index (χ2v) is 3.99. The first-order valence-corrected chi connectivity index (χ1v) is 5.11. The Hall–Kier alpha value is -1.06. The van der Waals surface area contributed by atoms with E-state index in [0.717, 1.165) is 25.7 Å². The van der Waals surface area contributed by atoms with Gasteiger partial charge in [0.1, 0.15) is 0 Å². The van der Waals surface area contributed by atoms with Gasteiger partial charge in [-0.05, 0) is 19.8 Å². The molecule has 1 aliphatic carbocycles. The molecule has 0 heterocycles. The number of carbonyl (C=O) groups excluding carboxylic acids is 1. The molecule has 1 atom stereocenters. The third kappa shape index (κ3) is 3.36. The Bertz CT molecular complexity index is 221. The van der Waals surface area contributed by atoms with Crippen LogP contribution in [-0.4, -0.2) is 23.0 Å². The van der Waals surface area contributed by atoms with E-state index in [1.165, 1.54) is 0 Å². The first-order chi connectivity index (χ1) is 6.59. The lowest BCUT2D eigenvalue weighted by Gasteiger charge is -2.14. The molecule has 1 aliphatic rings. The summed E-state index contributed by atoms with van der Waals surface area (Å²) in [7, 11) is 0. The highest BCUT2D eigenvalue weighted by Gasteiger charge is 2.23. The Labute approximate surface area is 83.7 Å². The fourth-order valence-electron chi connectivity index (χ4n) is 1.86. The molecule has 0 aliphatic heterocycles. The molecule has 14 heavy (non-hydrogen) atoms. The molecule has 0 aromatic heterocycles. The summed E-state index contributed by atoms with van der Waals surface area (Å²) >= 11 is 0. The van der Waals surface area contributed by atoms with Gasteiger partial charge in [0, 0.05) is 12.0 Å². The van der Waals surface area contributed by atoms with E-state index in [1.54, 1.807) is 6.92 Å². The van der Waals surface area contributed by atoms with Crippen molar-refractivity contribution in [3.05, 3.63) is 0 Å². The summed E-state index contributed by atoms with van der Waals surface area (Å²) in [6.45, 7) is 1.72. The zero-order valence-electron chi connectivity index (χ0n) is 8.45. The maximum absolute atomic E-state index is 11.5. The van der Waals surface area contributed by atoms with E-state index in [4.69, 9.17) is 5.11 Å².